The molecule has 0 radical (unpaired) electrons. The van der Waals surface area contributed by atoms with E-state index in [1.807, 2.05) is 24.4 Å². The van der Waals surface area contributed by atoms with Crippen molar-refractivity contribution in [2.24, 2.45) is 0 Å². The smallest absolute Gasteiger partial charge is 0.203 e. The topological polar surface area (TPSA) is 43.8 Å². The van der Waals surface area contributed by atoms with E-state index < -0.39 is 0 Å². The summed E-state index contributed by atoms with van der Waals surface area (Å²) in [7, 11) is 4.84. The van der Waals surface area contributed by atoms with Crippen molar-refractivity contribution in [3.63, 3.8) is 0 Å². The molecule has 5 nitrogen and oxygen atoms in total. The molecule has 1 aliphatic heterocycles. The summed E-state index contributed by atoms with van der Waals surface area (Å²) in [4.78, 5) is 7.09. The lowest BCUT2D eigenvalue weighted by atomic mass is 10.1. The molecule has 24 heavy (non-hydrogen) atoms. The quantitative estimate of drug-likeness (QED) is 0.813. The van der Waals surface area contributed by atoms with Gasteiger partial charge in [-0.15, -0.1) is 0 Å². The Balaban J connectivity index is 1.85. The molecule has 0 bridgehead atoms. The second kappa shape index (κ2) is 7.53. The van der Waals surface area contributed by atoms with Gasteiger partial charge in [-0.1, -0.05) is 6.07 Å². The van der Waals surface area contributed by atoms with Crippen molar-refractivity contribution in [3.05, 3.63) is 36.0 Å². The monoisotopic (exact) mass is 328 g/mol. The van der Waals surface area contributed by atoms with Gasteiger partial charge in [0.15, 0.2) is 11.5 Å². The van der Waals surface area contributed by atoms with Crippen LogP contribution in [0.1, 0.15) is 18.4 Å². The number of benzene rings is 1. The molecule has 1 aromatic carbocycles. The standard InChI is InChI=1S/C19H24N2O3/c1-22-17-10-15(11-18(23-2)19(17)24-3)16-7-6-14(12-20-16)13-21-8-4-5-9-21/h6-7,10-12H,4-5,8-9,13H2,1-3H3. The third-order valence-corrected chi connectivity index (χ3v) is 4.39. The lowest BCUT2D eigenvalue weighted by molar-refractivity contribution is 0.324. The third kappa shape index (κ3) is 3.46. The van der Waals surface area contributed by atoms with Crippen LogP contribution < -0.4 is 14.2 Å². The average molecular weight is 328 g/mol. The van der Waals surface area contributed by atoms with Crippen LogP contribution in [0.15, 0.2) is 30.5 Å². The van der Waals surface area contributed by atoms with Gasteiger partial charge in [-0.3, -0.25) is 9.88 Å². The van der Waals surface area contributed by atoms with Crippen LogP contribution in [0.3, 0.4) is 0 Å². The number of hydrogen-bond donors (Lipinski definition) is 0. The van der Waals surface area contributed by atoms with E-state index in [-0.39, 0.29) is 0 Å². The predicted octanol–water partition coefficient (Wildman–Crippen LogP) is 3.37. The number of nitrogens with zero attached hydrogens (tertiary/aromatic N) is 2. The van der Waals surface area contributed by atoms with Gasteiger partial charge in [0.2, 0.25) is 5.75 Å². The number of aromatic nitrogens is 1. The summed E-state index contributed by atoms with van der Waals surface area (Å²) in [6.07, 6.45) is 4.56. The minimum Gasteiger partial charge on any atom is -0.493 e. The van der Waals surface area contributed by atoms with Crippen molar-refractivity contribution < 1.29 is 14.2 Å². The summed E-state index contributed by atoms with van der Waals surface area (Å²) in [6.45, 7) is 3.35. The first-order valence-electron chi connectivity index (χ1n) is 8.23. The SMILES string of the molecule is COc1cc(-c2ccc(CN3CCCC3)cn2)cc(OC)c1OC. The predicted molar refractivity (Wildman–Crippen MR) is 93.8 cm³/mol. The summed E-state index contributed by atoms with van der Waals surface area (Å²) in [6, 6.07) is 8.03. The lowest BCUT2D eigenvalue weighted by Crippen LogP contribution is -2.18. The van der Waals surface area contributed by atoms with Crippen LogP contribution in [-0.4, -0.2) is 44.3 Å². The number of methoxy groups -OCH3 is 3. The Morgan fingerprint density at radius 3 is 2.12 bits per heavy atom. The zero-order chi connectivity index (χ0) is 16.9. The van der Waals surface area contributed by atoms with Crippen LogP contribution in [0, 0.1) is 0 Å². The van der Waals surface area contributed by atoms with E-state index in [0.717, 1.165) is 17.8 Å². The maximum absolute atomic E-state index is 5.41. The summed E-state index contributed by atoms with van der Waals surface area (Å²) in [5.74, 6) is 1.86. The van der Waals surface area contributed by atoms with Gasteiger partial charge >= 0.3 is 0 Å². The van der Waals surface area contributed by atoms with E-state index in [9.17, 15) is 0 Å². The van der Waals surface area contributed by atoms with Gasteiger partial charge in [0.25, 0.3) is 0 Å². The van der Waals surface area contributed by atoms with E-state index in [1.165, 1.54) is 31.5 Å². The fourth-order valence-corrected chi connectivity index (χ4v) is 3.12. The zero-order valence-corrected chi connectivity index (χ0v) is 14.5. The molecule has 2 aromatic rings. The molecule has 0 aliphatic carbocycles. The third-order valence-electron chi connectivity index (χ3n) is 4.39. The number of rotatable bonds is 6. The van der Waals surface area contributed by atoms with Gasteiger partial charge in [0.1, 0.15) is 0 Å². The molecule has 1 saturated heterocycles. The first-order chi connectivity index (χ1) is 11.7. The van der Waals surface area contributed by atoms with Gasteiger partial charge in [0, 0.05) is 18.3 Å². The molecule has 5 heteroatoms. The fourth-order valence-electron chi connectivity index (χ4n) is 3.12. The van der Waals surface area contributed by atoms with E-state index in [1.54, 1.807) is 21.3 Å². The number of pyridine rings is 1. The fraction of sp³-hybridized carbons (Fsp3) is 0.421. The lowest BCUT2D eigenvalue weighted by Gasteiger charge is -2.15. The Bertz CT molecular complexity index is 655. The molecule has 0 spiro atoms. The number of hydrogen-bond acceptors (Lipinski definition) is 5. The Morgan fingerprint density at radius 1 is 0.958 bits per heavy atom. The van der Waals surface area contributed by atoms with E-state index in [0.29, 0.717) is 17.2 Å². The molecular formula is C19H24N2O3. The van der Waals surface area contributed by atoms with Crippen LogP contribution >= 0.6 is 0 Å². The van der Waals surface area contributed by atoms with Crippen LogP contribution in [-0.2, 0) is 6.54 Å². The highest BCUT2D eigenvalue weighted by atomic mass is 16.5. The van der Waals surface area contributed by atoms with Gasteiger partial charge in [-0.25, -0.2) is 0 Å². The molecule has 1 aromatic heterocycles. The molecule has 1 aliphatic rings. The van der Waals surface area contributed by atoms with E-state index >= 15 is 0 Å². The van der Waals surface area contributed by atoms with Crippen LogP contribution in [0.2, 0.25) is 0 Å². The highest BCUT2D eigenvalue weighted by molar-refractivity contribution is 5.68. The van der Waals surface area contributed by atoms with Gasteiger partial charge in [0.05, 0.1) is 27.0 Å². The molecule has 3 rings (SSSR count). The second-order valence-electron chi connectivity index (χ2n) is 5.95. The molecule has 0 unspecified atom stereocenters. The Kier molecular flexibility index (Phi) is 5.20. The van der Waals surface area contributed by atoms with Crippen molar-refractivity contribution in [2.75, 3.05) is 34.4 Å². The summed E-state index contributed by atoms with van der Waals surface area (Å²) in [5, 5.41) is 0. The molecule has 0 N–H and O–H groups in total. The minimum absolute atomic E-state index is 0.592. The van der Waals surface area contributed by atoms with Crippen molar-refractivity contribution in [1.29, 1.82) is 0 Å². The zero-order valence-electron chi connectivity index (χ0n) is 14.5. The maximum Gasteiger partial charge on any atom is 0.203 e. The van der Waals surface area contributed by atoms with Gasteiger partial charge < -0.3 is 14.2 Å². The van der Waals surface area contributed by atoms with Crippen molar-refractivity contribution in [2.45, 2.75) is 19.4 Å². The highest BCUT2D eigenvalue weighted by Crippen LogP contribution is 2.40. The molecule has 0 atom stereocenters. The van der Waals surface area contributed by atoms with Gasteiger partial charge in [-0.2, -0.15) is 0 Å². The second-order valence-corrected chi connectivity index (χ2v) is 5.95. The number of likely N-dealkylation sites (tertiary alicyclic amines) is 1. The Hall–Kier alpha value is -2.27. The molecule has 0 amide bonds. The van der Waals surface area contributed by atoms with Crippen LogP contribution in [0.25, 0.3) is 11.3 Å². The first-order valence-corrected chi connectivity index (χ1v) is 8.23. The van der Waals surface area contributed by atoms with Crippen LogP contribution in [0.5, 0.6) is 17.2 Å². The summed E-state index contributed by atoms with van der Waals surface area (Å²) in [5.41, 5.74) is 3.07. The Labute approximate surface area is 143 Å². The number of ether oxygens (including phenoxy) is 3. The van der Waals surface area contributed by atoms with Crippen molar-refractivity contribution >= 4 is 0 Å². The molecule has 2 heterocycles. The normalized spacial score (nSPS) is 14.6. The van der Waals surface area contributed by atoms with E-state index in [4.69, 9.17) is 14.2 Å². The highest BCUT2D eigenvalue weighted by Gasteiger charge is 2.15. The molecule has 1 fully saturated rings. The molecule has 0 saturated carbocycles. The van der Waals surface area contributed by atoms with E-state index in [2.05, 4.69) is 16.0 Å². The largest absolute Gasteiger partial charge is 0.493 e. The molecular weight excluding hydrogens is 304 g/mol. The molecule has 128 valence electrons. The first kappa shape index (κ1) is 16.6. The summed E-state index contributed by atoms with van der Waals surface area (Å²) < 4.78 is 16.2. The van der Waals surface area contributed by atoms with Crippen molar-refractivity contribution in [3.8, 4) is 28.5 Å². The minimum atomic E-state index is 0.592. The summed E-state index contributed by atoms with van der Waals surface area (Å²) >= 11 is 0. The van der Waals surface area contributed by atoms with Crippen LogP contribution in [0.4, 0.5) is 0 Å². The van der Waals surface area contributed by atoms with Gasteiger partial charge in [-0.05, 0) is 49.7 Å². The average Bonchev–Trinajstić information content (AvgIpc) is 3.14. The van der Waals surface area contributed by atoms with Crippen molar-refractivity contribution in [1.82, 2.24) is 9.88 Å². The Morgan fingerprint density at radius 2 is 1.62 bits per heavy atom. The maximum atomic E-state index is 5.41.